The molecule has 0 radical (unpaired) electrons. The van der Waals surface area contributed by atoms with E-state index >= 15 is 0 Å². The Morgan fingerprint density at radius 2 is 1.86 bits per heavy atom. The van der Waals surface area contributed by atoms with Gasteiger partial charge in [0.15, 0.2) is 0 Å². The number of rotatable bonds is 4. The highest BCUT2D eigenvalue weighted by molar-refractivity contribution is 7.17. The van der Waals surface area contributed by atoms with Gasteiger partial charge in [-0.1, -0.05) is 5.16 Å². The molecule has 9 heteroatoms. The van der Waals surface area contributed by atoms with Gasteiger partial charge in [-0.3, -0.25) is 9.59 Å². The zero-order valence-electron chi connectivity index (χ0n) is 20.0. The van der Waals surface area contributed by atoms with Gasteiger partial charge in [-0.25, -0.2) is 4.90 Å². The van der Waals surface area contributed by atoms with Gasteiger partial charge in [-0.15, -0.1) is 11.3 Å². The van der Waals surface area contributed by atoms with Gasteiger partial charge >= 0.3 is 0 Å². The number of nitrogens with zero attached hydrogens (tertiary/aromatic N) is 3. The fourth-order valence-corrected chi connectivity index (χ4v) is 8.73. The Hall–Kier alpha value is -3.38. The fourth-order valence-electron chi connectivity index (χ4n) is 7.38. The normalized spacial score (nSPS) is 31.5. The van der Waals surface area contributed by atoms with Gasteiger partial charge in [0.1, 0.15) is 28.7 Å². The molecule has 1 aromatic carbocycles. The van der Waals surface area contributed by atoms with E-state index in [1.165, 1.54) is 16.2 Å². The summed E-state index contributed by atoms with van der Waals surface area (Å²) in [4.78, 5) is 36.1. The van der Waals surface area contributed by atoms with E-state index in [0.29, 0.717) is 22.1 Å². The van der Waals surface area contributed by atoms with E-state index in [1.807, 2.05) is 18.2 Å². The molecule has 3 fully saturated rings. The largest absolute Gasteiger partial charge is 0.497 e. The number of benzene rings is 1. The van der Waals surface area contributed by atoms with Gasteiger partial charge in [0.25, 0.3) is 0 Å². The lowest BCUT2D eigenvalue weighted by atomic mass is 9.71. The van der Waals surface area contributed by atoms with Gasteiger partial charge < -0.3 is 14.3 Å². The topological polar surface area (TPSA) is 101 Å². The number of hydrogen-bond donors (Lipinski definition) is 0. The number of nitriles is 1. The number of carbonyl (C=O) groups excluding carboxylic acids is 2. The van der Waals surface area contributed by atoms with Crippen LogP contribution >= 0.6 is 11.3 Å². The number of fused-ring (bicyclic) bond motifs is 9. The Morgan fingerprint density at radius 3 is 2.61 bits per heavy atom. The van der Waals surface area contributed by atoms with Gasteiger partial charge in [0, 0.05) is 28.3 Å². The van der Waals surface area contributed by atoms with Crippen molar-refractivity contribution in [3.8, 4) is 17.6 Å². The maximum Gasteiger partial charge on any atom is 0.238 e. The zero-order chi connectivity index (χ0) is 24.7. The minimum atomic E-state index is -0.415. The third-order valence-corrected chi connectivity index (χ3v) is 10.1. The number of ether oxygens (including phenoxy) is 2. The average molecular weight is 504 g/mol. The van der Waals surface area contributed by atoms with Crippen LogP contribution in [0, 0.1) is 40.9 Å². The van der Waals surface area contributed by atoms with Crippen LogP contribution in [0.2, 0.25) is 0 Å². The molecule has 6 atom stereocenters. The quantitative estimate of drug-likeness (QED) is 0.590. The maximum absolute atomic E-state index is 13.9. The maximum atomic E-state index is 13.9. The van der Waals surface area contributed by atoms with E-state index in [-0.39, 0.29) is 35.7 Å². The number of methoxy groups -OCH3 is 2. The number of anilines is 1. The van der Waals surface area contributed by atoms with Crippen molar-refractivity contribution in [1.82, 2.24) is 0 Å². The van der Waals surface area contributed by atoms with Crippen LogP contribution in [-0.2, 0) is 27.3 Å². The molecule has 184 valence electrons. The molecule has 2 amide bonds. The first-order valence-corrected chi connectivity index (χ1v) is 13.3. The Balaban J connectivity index is 1.24. The second kappa shape index (κ2) is 7.81. The third-order valence-electron chi connectivity index (χ3n) is 8.84. The van der Waals surface area contributed by atoms with E-state index in [9.17, 15) is 14.9 Å². The summed E-state index contributed by atoms with van der Waals surface area (Å²) >= 11 is 1.46. The monoisotopic (exact) mass is 503 g/mol. The molecule has 0 spiro atoms. The summed E-state index contributed by atoms with van der Waals surface area (Å²) in [6, 6.07) is 7.90. The summed E-state index contributed by atoms with van der Waals surface area (Å²) < 4.78 is 11.0. The summed E-state index contributed by atoms with van der Waals surface area (Å²) in [7, 11) is 3.21. The SMILES string of the molecule is COc1ccc(C2=NO[C@@H]3[C@@H]4C[C@@H]([C@H]5C(=O)N(c6sc7c(c6C#N)CCCC7)C(=O)[C@@H]45)[C@H]23)c(OC)c1. The van der Waals surface area contributed by atoms with Crippen molar-refractivity contribution < 1.29 is 23.9 Å². The second-order valence-corrected chi connectivity index (χ2v) is 11.4. The Labute approximate surface area is 212 Å². The molecule has 3 aliphatic carbocycles. The summed E-state index contributed by atoms with van der Waals surface area (Å²) in [5, 5.41) is 14.9. The highest BCUT2D eigenvalue weighted by Gasteiger charge is 2.71. The van der Waals surface area contributed by atoms with Crippen molar-refractivity contribution in [3.63, 3.8) is 0 Å². The van der Waals surface area contributed by atoms with Gasteiger partial charge in [-0.05, 0) is 55.7 Å². The molecule has 2 aromatic rings. The standard InChI is InChI=1S/C27H25N3O5S/c1-33-12-7-8-14(18(9-12)34-2)23-22-15-10-16(24(22)35-29-23)21-20(15)25(31)30(26(21)32)27-17(11-28)13-5-3-4-6-19(13)36-27/h7-9,15-16,20-22,24H,3-6,10H2,1-2H3/t15-,16+,20+,21-,22+,24+/m0/s1. The minimum absolute atomic E-state index is 0.0420. The van der Waals surface area contributed by atoms with Crippen molar-refractivity contribution in [3.05, 3.63) is 39.8 Å². The number of thiophene rings is 1. The average Bonchev–Trinajstić information content (AvgIpc) is 3.69. The molecule has 2 saturated carbocycles. The molecule has 8 nitrogen and oxygen atoms in total. The smallest absolute Gasteiger partial charge is 0.238 e. The molecule has 7 rings (SSSR count). The van der Waals surface area contributed by atoms with Crippen LogP contribution < -0.4 is 14.4 Å². The van der Waals surface area contributed by atoms with E-state index in [1.54, 1.807) is 14.2 Å². The summed E-state index contributed by atoms with van der Waals surface area (Å²) in [5.41, 5.74) is 3.14. The zero-order valence-corrected chi connectivity index (χ0v) is 20.8. The summed E-state index contributed by atoms with van der Waals surface area (Å²) in [6.07, 6.45) is 4.38. The molecule has 1 saturated heterocycles. The van der Waals surface area contributed by atoms with Crippen LogP contribution in [0.4, 0.5) is 5.00 Å². The molecule has 0 N–H and O–H groups in total. The number of carbonyl (C=O) groups is 2. The molecule has 2 bridgehead atoms. The lowest BCUT2D eigenvalue weighted by Gasteiger charge is -2.30. The van der Waals surface area contributed by atoms with E-state index < -0.39 is 11.8 Å². The predicted molar refractivity (Wildman–Crippen MR) is 131 cm³/mol. The first-order valence-electron chi connectivity index (χ1n) is 12.5. The first kappa shape index (κ1) is 21.9. The number of amides is 2. The third kappa shape index (κ3) is 2.71. The summed E-state index contributed by atoms with van der Waals surface area (Å²) in [6.45, 7) is 0. The Kier molecular flexibility index (Phi) is 4.74. The lowest BCUT2D eigenvalue weighted by Crippen LogP contribution is -2.41. The fraction of sp³-hybridized carbons (Fsp3) is 0.481. The molecule has 2 aliphatic heterocycles. The minimum Gasteiger partial charge on any atom is -0.497 e. The van der Waals surface area contributed by atoms with Crippen LogP contribution in [0.25, 0.3) is 0 Å². The molecule has 0 unspecified atom stereocenters. The number of hydrogen-bond acceptors (Lipinski definition) is 8. The van der Waals surface area contributed by atoms with Gasteiger partial charge in [0.2, 0.25) is 11.8 Å². The Morgan fingerprint density at radius 1 is 1.08 bits per heavy atom. The van der Waals surface area contributed by atoms with Crippen LogP contribution in [0.1, 0.15) is 40.8 Å². The van der Waals surface area contributed by atoms with E-state index in [4.69, 9.17) is 14.3 Å². The summed E-state index contributed by atoms with van der Waals surface area (Å²) in [5.74, 6) is -0.0517. The highest BCUT2D eigenvalue weighted by Crippen LogP contribution is 2.62. The van der Waals surface area contributed by atoms with Crippen molar-refractivity contribution in [1.29, 1.82) is 5.26 Å². The molecule has 3 heterocycles. The molecular weight excluding hydrogens is 478 g/mol. The van der Waals surface area contributed by atoms with Crippen LogP contribution in [0.15, 0.2) is 23.4 Å². The molecule has 36 heavy (non-hydrogen) atoms. The van der Waals surface area contributed by atoms with Crippen molar-refractivity contribution in [2.45, 2.75) is 38.2 Å². The van der Waals surface area contributed by atoms with Gasteiger partial charge in [0.05, 0.1) is 37.3 Å². The number of oxime groups is 1. The second-order valence-electron chi connectivity index (χ2n) is 10.3. The van der Waals surface area contributed by atoms with Crippen LogP contribution in [-0.4, -0.2) is 37.8 Å². The first-order chi connectivity index (χ1) is 17.6. The van der Waals surface area contributed by atoms with E-state index in [2.05, 4.69) is 11.2 Å². The van der Waals surface area contributed by atoms with Crippen molar-refractivity contribution >= 4 is 33.9 Å². The van der Waals surface area contributed by atoms with E-state index in [0.717, 1.165) is 53.8 Å². The Bertz CT molecular complexity index is 1390. The number of aryl methyl sites for hydroxylation is 1. The van der Waals surface area contributed by atoms with Crippen LogP contribution in [0.5, 0.6) is 11.5 Å². The molecule has 5 aliphatic rings. The molecule has 1 aromatic heterocycles. The number of imide groups is 1. The predicted octanol–water partition coefficient (Wildman–Crippen LogP) is 3.69. The molecular formula is C27H25N3O5S. The highest BCUT2D eigenvalue weighted by atomic mass is 32.1. The van der Waals surface area contributed by atoms with Crippen molar-refractivity contribution in [2.24, 2.45) is 34.7 Å². The van der Waals surface area contributed by atoms with Crippen molar-refractivity contribution in [2.75, 3.05) is 19.1 Å². The lowest BCUT2D eigenvalue weighted by molar-refractivity contribution is -0.125. The van der Waals surface area contributed by atoms with Gasteiger partial charge in [-0.2, -0.15) is 5.26 Å². The van der Waals surface area contributed by atoms with Crippen LogP contribution in [0.3, 0.4) is 0 Å².